The molecule has 22 heavy (non-hydrogen) atoms. The van der Waals surface area contributed by atoms with Gasteiger partial charge in [-0.15, -0.1) is 0 Å². The summed E-state index contributed by atoms with van der Waals surface area (Å²) in [5.74, 6) is -0.248. The van der Waals surface area contributed by atoms with Gasteiger partial charge in [0.25, 0.3) is 11.5 Å². The first-order valence-electron chi connectivity index (χ1n) is 7.56. The van der Waals surface area contributed by atoms with Crippen molar-refractivity contribution in [3.63, 3.8) is 0 Å². The van der Waals surface area contributed by atoms with E-state index in [0.29, 0.717) is 30.4 Å². The lowest BCUT2D eigenvalue weighted by atomic mass is 10.2. The van der Waals surface area contributed by atoms with Gasteiger partial charge in [-0.05, 0) is 25.0 Å². The molecule has 2 rings (SSSR count). The molecule has 0 radical (unpaired) electrons. The zero-order valence-corrected chi connectivity index (χ0v) is 12.7. The van der Waals surface area contributed by atoms with Crippen molar-refractivity contribution < 1.29 is 9.90 Å². The van der Waals surface area contributed by atoms with E-state index in [-0.39, 0.29) is 23.9 Å². The smallest absolute Gasteiger partial charge is 0.289 e. The fourth-order valence-electron chi connectivity index (χ4n) is 2.26. The van der Waals surface area contributed by atoms with Gasteiger partial charge in [0.2, 0.25) is 0 Å². The van der Waals surface area contributed by atoms with Crippen molar-refractivity contribution in [3.8, 4) is 0 Å². The van der Waals surface area contributed by atoms with Crippen molar-refractivity contribution in [2.75, 3.05) is 19.7 Å². The number of carbonyl (C=O) groups excluding carboxylic acids is 1. The van der Waals surface area contributed by atoms with E-state index in [4.69, 9.17) is 5.11 Å². The molecular weight excluding hydrogens is 282 g/mol. The maximum atomic E-state index is 12.6. The van der Waals surface area contributed by atoms with Gasteiger partial charge in [-0.2, -0.15) is 0 Å². The van der Waals surface area contributed by atoms with Crippen LogP contribution in [0.5, 0.6) is 0 Å². The Balaban J connectivity index is 2.31. The molecule has 1 amide bonds. The average molecular weight is 303 g/mol. The Kier molecular flexibility index (Phi) is 5.66. The van der Waals surface area contributed by atoms with Gasteiger partial charge in [0.05, 0.1) is 10.9 Å². The molecule has 1 aromatic heterocycles. The van der Waals surface area contributed by atoms with E-state index in [1.165, 1.54) is 0 Å². The average Bonchev–Trinajstić information content (AvgIpc) is 2.54. The topological polar surface area (TPSA) is 86.3 Å². The lowest BCUT2D eigenvalue weighted by Gasteiger charge is -2.21. The summed E-state index contributed by atoms with van der Waals surface area (Å²) in [4.78, 5) is 33.1. The highest BCUT2D eigenvalue weighted by molar-refractivity contribution is 5.92. The van der Waals surface area contributed by atoms with Crippen LogP contribution in [0, 0.1) is 0 Å². The number of hydrogen-bond acceptors (Lipinski definition) is 4. The molecule has 0 fully saturated rings. The van der Waals surface area contributed by atoms with Crippen molar-refractivity contribution in [1.82, 2.24) is 14.9 Å². The SMILES string of the molecule is CCCCN(CCCO)C(=O)c1nc2ccccc2c(=O)[nH]1. The standard InChI is InChI=1S/C16H21N3O3/c1-2-3-9-19(10-6-11-20)16(22)14-17-13-8-5-4-7-12(13)15(21)18-14/h4-5,7-8,20H,2-3,6,9-11H2,1H3,(H,17,18,21). The molecule has 0 atom stereocenters. The number of hydrogen-bond donors (Lipinski definition) is 2. The monoisotopic (exact) mass is 303 g/mol. The second kappa shape index (κ2) is 7.70. The minimum Gasteiger partial charge on any atom is -0.396 e. The van der Waals surface area contributed by atoms with Crippen LogP contribution in [0.15, 0.2) is 29.1 Å². The van der Waals surface area contributed by atoms with E-state index in [2.05, 4.69) is 9.97 Å². The van der Waals surface area contributed by atoms with Crippen LogP contribution in [0.1, 0.15) is 36.8 Å². The number of para-hydroxylation sites is 1. The van der Waals surface area contributed by atoms with E-state index in [1.807, 2.05) is 6.92 Å². The van der Waals surface area contributed by atoms with Gasteiger partial charge >= 0.3 is 0 Å². The number of aliphatic hydroxyl groups is 1. The molecule has 1 aromatic carbocycles. The largest absolute Gasteiger partial charge is 0.396 e. The van der Waals surface area contributed by atoms with Crippen LogP contribution in [-0.2, 0) is 0 Å². The number of fused-ring (bicyclic) bond motifs is 1. The predicted molar refractivity (Wildman–Crippen MR) is 84.9 cm³/mol. The molecular formula is C16H21N3O3. The van der Waals surface area contributed by atoms with Crippen LogP contribution >= 0.6 is 0 Å². The molecule has 0 saturated heterocycles. The summed E-state index contributed by atoms with van der Waals surface area (Å²) in [6, 6.07) is 6.93. The number of carbonyl (C=O) groups is 1. The number of aromatic nitrogens is 2. The van der Waals surface area contributed by atoms with Gasteiger partial charge in [-0.3, -0.25) is 9.59 Å². The first kappa shape index (κ1) is 16.2. The minimum absolute atomic E-state index is 0.0254. The summed E-state index contributed by atoms with van der Waals surface area (Å²) in [5, 5.41) is 9.43. The second-order valence-electron chi connectivity index (χ2n) is 5.15. The first-order chi connectivity index (χ1) is 10.7. The minimum atomic E-state index is -0.313. The zero-order chi connectivity index (χ0) is 15.9. The van der Waals surface area contributed by atoms with E-state index >= 15 is 0 Å². The van der Waals surface area contributed by atoms with E-state index in [9.17, 15) is 9.59 Å². The molecule has 6 nitrogen and oxygen atoms in total. The number of aromatic amines is 1. The highest BCUT2D eigenvalue weighted by atomic mass is 16.3. The lowest BCUT2D eigenvalue weighted by molar-refractivity contribution is 0.0730. The number of unbranched alkanes of at least 4 members (excludes halogenated alkanes) is 1. The molecule has 0 aliphatic heterocycles. The molecule has 0 unspecified atom stereocenters. The van der Waals surface area contributed by atoms with Gasteiger partial charge in [0.1, 0.15) is 0 Å². The van der Waals surface area contributed by atoms with Crippen LogP contribution in [-0.4, -0.2) is 45.6 Å². The summed E-state index contributed by atoms with van der Waals surface area (Å²) in [6.07, 6.45) is 2.34. The van der Waals surface area contributed by atoms with E-state index < -0.39 is 0 Å². The quantitative estimate of drug-likeness (QED) is 0.812. The maximum Gasteiger partial charge on any atom is 0.289 e. The summed E-state index contributed by atoms with van der Waals surface area (Å²) < 4.78 is 0. The second-order valence-corrected chi connectivity index (χ2v) is 5.15. The highest BCUT2D eigenvalue weighted by Crippen LogP contribution is 2.08. The molecule has 6 heteroatoms. The Labute approximate surface area is 128 Å². The Bertz CT molecular complexity index is 688. The van der Waals surface area contributed by atoms with Crippen LogP contribution in [0.2, 0.25) is 0 Å². The third-order valence-electron chi connectivity index (χ3n) is 3.47. The third kappa shape index (κ3) is 3.71. The van der Waals surface area contributed by atoms with Gasteiger partial charge < -0.3 is 15.0 Å². The zero-order valence-electron chi connectivity index (χ0n) is 12.7. The maximum absolute atomic E-state index is 12.6. The van der Waals surface area contributed by atoms with Gasteiger partial charge in [0, 0.05) is 19.7 Å². The summed E-state index contributed by atoms with van der Waals surface area (Å²) in [5.41, 5.74) is 0.193. The van der Waals surface area contributed by atoms with Crippen LogP contribution < -0.4 is 5.56 Å². The Morgan fingerprint density at radius 2 is 2.00 bits per heavy atom. The number of benzene rings is 1. The molecule has 0 saturated carbocycles. The van der Waals surface area contributed by atoms with Crippen LogP contribution in [0.3, 0.4) is 0 Å². The Morgan fingerprint density at radius 1 is 1.27 bits per heavy atom. The van der Waals surface area contributed by atoms with E-state index in [0.717, 1.165) is 12.8 Å². The third-order valence-corrected chi connectivity index (χ3v) is 3.47. The number of nitrogens with one attached hydrogen (secondary N) is 1. The number of rotatable bonds is 7. The molecule has 1 heterocycles. The van der Waals surface area contributed by atoms with Crippen molar-refractivity contribution in [2.24, 2.45) is 0 Å². The molecule has 2 N–H and O–H groups in total. The summed E-state index contributed by atoms with van der Waals surface area (Å²) >= 11 is 0. The van der Waals surface area contributed by atoms with Gasteiger partial charge in [0.15, 0.2) is 5.82 Å². The number of nitrogens with zero attached hydrogens (tertiary/aromatic N) is 2. The van der Waals surface area contributed by atoms with Crippen LogP contribution in [0.4, 0.5) is 0 Å². The number of amides is 1. The van der Waals surface area contributed by atoms with Crippen molar-refractivity contribution >= 4 is 16.8 Å². The normalized spacial score (nSPS) is 10.8. The molecule has 0 spiro atoms. The van der Waals surface area contributed by atoms with E-state index in [1.54, 1.807) is 29.2 Å². The van der Waals surface area contributed by atoms with Gasteiger partial charge in [-0.25, -0.2) is 4.98 Å². The molecule has 0 bridgehead atoms. The van der Waals surface area contributed by atoms with Crippen molar-refractivity contribution in [3.05, 3.63) is 40.4 Å². The lowest BCUT2D eigenvalue weighted by Crippen LogP contribution is -2.35. The van der Waals surface area contributed by atoms with Gasteiger partial charge in [-0.1, -0.05) is 25.5 Å². The van der Waals surface area contributed by atoms with Crippen molar-refractivity contribution in [1.29, 1.82) is 0 Å². The first-order valence-corrected chi connectivity index (χ1v) is 7.56. The fraction of sp³-hybridized carbons (Fsp3) is 0.438. The molecule has 0 aliphatic carbocycles. The van der Waals surface area contributed by atoms with Crippen molar-refractivity contribution in [2.45, 2.75) is 26.2 Å². The Hall–Kier alpha value is -2.21. The summed E-state index contributed by atoms with van der Waals surface area (Å²) in [7, 11) is 0. The van der Waals surface area contributed by atoms with Crippen LogP contribution in [0.25, 0.3) is 10.9 Å². The number of H-pyrrole nitrogens is 1. The Morgan fingerprint density at radius 3 is 2.73 bits per heavy atom. The summed E-state index contributed by atoms with van der Waals surface area (Å²) in [6.45, 7) is 3.11. The number of aliphatic hydroxyl groups excluding tert-OH is 1. The molecule has 2 aromatic rings. The molecule has 118 valence electrons. The fourth-order valence-corrected chi connectivity index (χ4v) is 2.26. The molecule has 0 aliphatic rings. The highest BCUT2D eigenvalue weighted by Gasteiger charge is 2.18. The predicted octanol–water partition coefficient (Wildman–Crippen LogP) is 1.55.